The number of anilines is 1. The molecule has 2 N–H and O–H groups in total. The third-order valence-corrected chi connectivity index (χ3v) is 3.11. The Balaban J connectivity index is 2.59. The lowest BCUT2D eigenvalue weighted by Gasteiger charge is -2.08. The Morgan fingerprint density at radius 1 is 1.20 bits per heavy atom. The van der Waals surface area contributed by atoms with Gasteiger partial charge in [0.15, 0.2) is 5.69 Å². The van der Waals surface area contributed by atoms with Crippen LogP contribution in [0.1, 0.15) is 31.0 Å². The van der Waals surface area contributed by atoms with Gasteiger partial charge in [-0.1, -0.05) is 38.1 Å². The third kappa shape index (κ3) is 2.59. The molecule has 104 valence electrons. The first-order chi connectivity index (χ1) is 9.40. The quantitative estimate of drug-likeness (QED) is 0.684. The maximum atomic E-state index is 11.2. The number of hydrogen-bond donors (Lipinski definition) is 1. The van der Waals surface area contributed by atoms with Crippen LogP contribution < -0.4 is 5.73 Å². The highest BCUT2D eigenvalue weighted by Gasteiger charge is 2.22. The molecule has 6 heteroatoms. The van der Waals surface area contributed by atoms with Crippen molar-refractivity contribution in [3.63, 3.8) is 0 Å². The Bertz CT molecular complexity index is 651. The van der Waals surface area contributed by atoms with E-state index in [1.54, 1.807) is 6.92 Å². The lowest BCUT2D eigenvalue weighted by molar-refractivity contribution is -0.385. The number of nitrogen functional groups attached to an aromatic ring is 1. The van der Waals surface area contributed by atoms with Crippen molar-refractivity contribution in [3.05, 3.63) is 45.6 Å². The first kappa shape index (κ1) is 13.9. The fourth-order valence-corrected chi connectivity index (χ4v) is 2.03. The van der Waals surface area contributed by atoms with Gasteiger partial charge in [0.1, 0.15) is 5.69 Å². The Kier molecular flexibility index (Phi) is 3.65. The molecule has 1 aromatic carbocycles. The van der Waals surface area contributed by atoms with Crippen LogP contribution in [0.3, 0.4) is 0 Å². The van der Waals surface area contributed by atoms with Gasteiger partial charge in [0.2, 0.25) is 5.95 Å². The van der Waals surface area contributed by atoms with Gasteiger partial charge in [-0.2, -0.15) is 0 Å². The molecule has 0 saturated carbocycles. The molecule has 2 aromatic rings. The monoisotopic (exact) mass is 272 g/mol. The molecule has 0 fully saturated rings. The van der Waals surface area contributed by atoms with Crippen LogP contribution in [0.25, 0.3) is 11.3 Å². The Hall–Kier alpha value is -2.50. The molecule has 1 aromatic heterocycles. The fourth-order valence-electron chi connectivity index (χ4n) is 2.03. The molecule has 0 amide bonds. The highest BCUT2D eigenvalue weighted by molar-refractivity contribution is 5.71. The molecular formula is C14H16N4O2. The second kappa shape index (κ2) is 5.24. The van der Waals surface area contributed by atoms with Crippen molar-refractivity contribution in [2.75, 3.05) is 5.73 Å². The van der Waals surface area contributed by atoms with Gasteiger partial charge in [0.05, 0.1) is 4.92 Å². The number of nitrogens with two attached hydrogens (primary N) is 1. The maximum Gasteiger partial charge on any atom is 0.316 e. The van der Waals surface area contributed by atoms with Gasteiger partial charge in [0.25, 0.3) is 0 Å². The lowest BCUT2D eigenvalue weighted by atomic mass is 10.00. The first-order valence-corrected chi connectivity index (χ1v) is 6.29. The molecule has 0 unspecified atom stereocenters. The van der Waals surface area contributed by atoms with Crippen LogP contribution in [0, 0.1) is 17.0 Å². The van der Waals surface area contributed by atoms with Gasteiger partial charge in [-0.15, -0.1) is 0 Å². The van der Waals surface area contributed by atoms with Crippen molar-refractivity contribution in [1.82, 2.24) is 9.97 Å². The molecular weight excluding hydrogens is 256 g/mol. The third-order valence-electron chi connectivity index (χ3n) is 3.11. The van der Waals surface area contributed by atoms with E-state index >= 15 is 0 Å². The van der Waals surface area contributed by atoms with E-state index in [9.17, 15) is 10.1 Å². The van der Waals surface area contributed by atoms with E-state index in [1.807, 2.05) is 24.3 Å². The lowest BCUT2D eigenvalue weighted by Crippen LogP contribution is -2.04. The van der Waals surface area contributed by atoms with Gasteiger partial charge in [-0.05, 0) is 18.4 Å². The fraction of sp³-hybridized carbons (Fsp3) is 0.286. The van der Waals surface area contributed by atoms with Crippen LogP contribution in [0.4, 0.5) is 11.6 Å². The summed E-state index contributed by atoms with van der Waals surface area (Å²) in [7, 11) is 0. The van der Waals surface area contributed by atoms with E-state index in [4.69, 9.17) is 5.73 Å². The largest absolute Gasteiger partial charge is 0.368 e. The standard InChI is InChI=1S/C14H16N4O2/c1-8(2)10-4-6-11(7-5-10)12-13(18(19)20)9(3)16-14(15)17-12/h4-8H,1-3H3,(H2,15,16,17). The summed E-state index contributed by atoms with van der Waals surface area (Å²) in [5, 5.41) is 11.2. The van der Waals surface area contributed by atoms with Gasteiger partial charge in [-0.3, -0.25) is 10.1 Å². The molecule has 0 aliphatic heterocycles. The molecule has 2 rings (SSSR count). The van der Waals surface area contributed by atoms with E-state index in [1.165, 1.54) is 0 Å². The molecule has 1 heterocycles. The average Bonchev–Trinajstić information content (AvgIpc) is 2.37. The topological polar surface area (TPSA) is 94.9 Å². The van der Waals surface area contributed by atoms with Crippen LogP contribution in [-0.2, 0) is 0 Å². The van der Waals surface area contributed by atoms with E-state index in [0.717, 1.165) is 5.56 Å². The van der Waals surface area contributed by atoms with Crippen molar-refractivity contribution >= 4 is 11.6 Å². The number of benzene rings is 1. The second-order valence-corrected chi connectivity index (χ2v) is 4.90. The zero-order valence-corrected chi connectivity index (χ0v) is 11.6. The van der Waals surface area contributed by atoms with Crippen LogP contribution in [0.5, 0.6) is 0 Å². The average molecular weight is 272 g/mol. The Morgan fingerprint density at radius 2 is 1.80 bits per heavy atom. The normalized spacial score (nSPS) is 10.8. The summed E-state index contributed by atoms with van der Waals surface area (Å²) in [4.78, 5) is 18.6. The number of aryl methyl sites for hydroxylation is 1. The predicted octanol–water partition coefficient (Wildman–Crippen LogP) is 3.07. The molecule has 0 spiro atoms. The van der Waals surface area contributed by atoms with Gasteiger partial charge in [0, 0.05) is 5.56 Å². The zero-order chi connectivity index (χ0) is 14.9. The predicted molar refractivity (Wildman–Crippen MR) is 77.4 cm³/mol. The summed E-state index contributed by atoms with van der Waals surface area (Å²) < 4.78 is 0. The minimum Gasteiger partial charge on any atom is -0.368 e. The first-order valence-electron chi connectivity index (χ1n) is 6.29. The van der Waals surface area contributed by atoms with E-state index < -0.39 is 4.92 Å². The molecule has 0 saturated heterocycles. The minimum absolute atomic E-state index is 0.0380. The Labute approximate surface area is 116 Å². The van der Waals surface area contributed by atoms with Crippen molar-refractivity contribution in [2.45, 2.75) is 26.7 Å². The highest BCUT2D eigenvalue weighted by Crippen LogP contribution is 2.31. The molecule has 0 radical (unpaired) electrons. The van der Waals surface area contributed by atoms with E-state index in [0.29, 0.717) is 11.5 Å². The van der Waals surface area contributed by atoms with Crippen LogP contribution >= 0.6 is 0 Å². The smallest absolute Gasteiger partial charge is 0.316 e. The Morgan fingerprint density at radius 3 is 2.30 bits per heavy atom. The SMILES string of the molecule is Cc1nc(N)nc(-c2ccc(C(C)C)cc2)c1[N+](=O)[O-]. The van der Waals surface area contributed by atoms with Crippen LogP contribution in [0.15, 0.2) is 24.3 Å². The van der Waals surface area contributed by atoms with Crippen molar-refractivity contribution in [2.24, 2.45) is 0 Å². The molecule has 0 atom stereocenters. The summed E-state index contributed by atoms with van der Waals surface area (Å²) in [5.41, 5.74) is 7.85. The molecule has 20 heavy (non-hydrogen) atoms. The second-order valence-electron chi connectivity index (χ2n) is 4.90. The van der Waals surface area contributed by atoms with Gasteiger partial charge < -0.3 is 5.73 Å². The van der Waals surface area contributed by atoms with Crippen molar-refractivity contribution < 1.29 is 4.92 Å². The summed E-state index contributed by atoms with van der Waals surface area (Å²) in [6.45, 7) is 5.73. The molecule has 0 aliphatic rings. The number of nitrogens with zero attached hydrogens (tertiary/aromatic N) is 3. The molecule has 0 bridgehead atoms. The number of nitro groups is 1. The van der Waals surface area contributed by atoms with E-state index in [2.05, 4.69) is 23.8 Å². The van der Waals surface area contributed by atoms with Crippen molar-refractivity contribution in [1.29, 1.82) is 0 Å². The van der Waals surface area contributed by atoms with Crippen LogP contribution in [-0.4, -0.2) is 14.9 Å². The summed E-state index contributed by atoms with van der Waals surface area (Å²) in [6, 6.07) is 7.53. The van der Waals surface area contributed by atoms with Gasteiger partial charge >= 0.3 is 5.69 Å². The van der Waals surface area contributed by atoms with Gasteiger partial charge in [-0.25, -0.2) is 9.97 Å². The molecule has 0 aliphatic carbocycles. The summed E-state index contributed by atoms with van der Waals surface area (Å²) in [6.07, 6.45) is 0. The number of hydrogen-bond acceptors (Lipinski definition) is 5. The number of rotatable bonds is 3. The minimum atomic E-state index is -0.472. The van der Waals surface area contributed by atoms with Crippen LogP contribution in [0.2, 0.25) is 0 Å². The summed E-state index contributed by atoms with van der Waals surface area (Å²) >= 11 is 0. The highest BCUT2D eigenvalue weighted by atomic mass is 16.6. The number of aromatic nitrogens is 2. The maximum absolute atomic E-state index is 11.2. The van der Waals surface area contributed by atoms with E-state index in [-0.39, 0.29) is 23.0 Å². The van der Waals surface area contributed by atoms with Crippen molar-refractivity contribution in [3.8, 4) is 11.3 Å². The molecule has 6 nitrogen and oxygen atoms in total. The summed E-state index contributed by atoms with van der Waals surface area (Å²) in [5.74, 6) is 0.437. The zero-order valence-electron chi connectivity index (χ0n) is 11.6.